The lowest BCUT2D eigenvalue weighted by Gasteiger charge is -2.09. The Morgan fingerprint density at radius 1 is 0.467 bits per heavy atom. The second-order valence-electron chi connectivity index (χ2n) is 11.5. The predicted molar refractivity (Wildman–Crippen MR) is 181 cm³/mol. The molecule has 1 aromatic rings. The van der Waals surface area contributed by atoms with Crippen molar-refractivity contribution in [1.82, 2.24) is 0 Å². The van der Waals surface area contributed by atoms with E-state index in [0.717, 1.165) is 25.0 Å². The first kappa shape index (κ1) is 41.3. The minimum absolute atomic E-state index is 0.132. The minimum Gasteiger partial charge on any atom is -0.491 e. The number of esters is 1. The molecule has 0 aliphatic carbocycles. The molecule has 8 nitrogen and oxygen atoms in total. The van der Waals surface area contributed by atoms with E-state index in [0.29, 0.717) is 85.7 Å². The van der Waals surface area contributed by atoms with Gasteiger partial charge in [0.15, 0.2) is 0 Å². The number of aryl methyl sites for hydroxylation is 1. The quantitative estimate of drug-likeness (QED) is 0.0545. The Morgan fingerprint density at radius 3 is 1.36 bits per heavy atom. The predicted octanol–water partition coefficient (Wildman–Crippen LogP) is 8.13. The van der Waals surface area contributed by atoms with Crippen LogP contribution in [-0.4, -0.2) is 85.3 Å². The summed E-state index contributed by atoms with van der Waals surface area (Å²) < 4.78 is 38.5. The highest BCUT2D eigenvalue weighted by Crippen LogP contribution is 2.15. The number of ether oxygens (including phenoxy) is 7. The summed E-state index contributed by atoms with van der Waals surface area (Å²) in [5.41, 5.74) is 1.38. The van der Waals surface area contributed by atoms with E-state index in [4.69, 9.17) is 33.2 Å². The minimum atomic E-state index is -0.132. The molecule has 0 saturated heterocycles. The molecule has 0 saturated carbocycles. The monoisotopic (exact) mass is 638 g/mol. The molecule has 0 aliphatic heterocycles. The highest BCUT2D eigenvalue weighted by molar-refractivity contribution is 5.69. The van der Waals surface area contributed by atoms with Crippen molar-refractivity contribution in [1.29, 1.82) is 0 Å². The molecule has 8 heteroatoms. The van der Waals surface area contributed by atoms with E-state index in [9.17, 15) is 4.79 Å². The van der Waals surface area contributed by atoms with Crippen LogP contribution in [-0.2, 0) is 39.6 Å². The third-order valence-electron chi connectivity index (χ3n) is 7.45. The second-order valence-corrected chi connectivity index (χ2v) is 11.5. The zero-order valence-electron chi connectivity index (χ0n) is 28.9. The highest BCUT2D eigenvalue weighted by Gasteiger charge is 2.03. The van der Waals surface area contributed by atoms with Crippen LogP contribution in [0.4, 0.5) is 0 Å². The van der Waals surface area contributed by atoms with Crippen molar-refractivity contribution in [3.63, 3.8) is 0 Å². The molecule has 0 spiro atoms. The van der Waals surface area contributed by atoms with Gasteiger partial charge in [-0.15, -0.1) is 0 Å². The summed E-state index contributed by atoms with van der Waals surface area (Å²) in [5.74, 6) is 0.756. The van der Waals surface area contributed by atoms with Crippen LogP contribution in [0.5, 0.6) is 5.75 Å². The first-order valence-corrected chi connectivity index (χ1v) is 18.0. The molecule has 0 aromatic heterocycles. The number of benzene rings is 1. The van der Waals surface area contributed by atoms with Crippen LogP contribution in [0.3, 0.4) is 0 Å². The maximum Gasteiger partial charge on any atom is 0.305 e. The largest absolute Gasteiger partial charge is 0.491 e. The summed E-state index contributed by atoms with van der Waals surface area (Å²) in [7, 11) is 0. The maximum absolute atomic E-state index is 11.7. The molecule has 0 unspecified atom stereocenters. The van der Waals surface area contributed by atoms with Crippen LogP contribution < -0.4 is 4.74 Å². The van der Waals surface area contributed by atoms with Gasteiger partial charge in [-0.3, -0.25) is 4.79 Å². The third kappa shape index (κ3) is 29.4. The fourth-order valence-electron chi connectivity index (χ4n) is 4.75. The number of carbonyl (C=O) groups is 1. The van der Waals surface area contributed by atoms with E-state index in [1.165, 1.54) is 82.6 Å². The van der Waals surface area contributed by atoms with Crippen LogP contribution in [0, 0.1) is 0 Å². The normalized spacial score (nSPS) is 11.2. The summed E-state index contributed by atoms with van der Waals surface area (Å²) in [6, 6.07) is 8.45. The summed E-state index contributed by atoms with van der Waals surface area (Å²) in [5, 5.41) is 0. The van der Waals surface area contributed by atoms with Gasteiger partial charge < -0.3 is 33.2 Å². The number of hydrogen-bond donors (Lipinski definition) is 0. The Labute approximate surface area is 275 Å². The lowest BCUT2D eigenvalue weighted by Crippen LogP contribution is -2.15. The molecule has 0 heterocycles. The molecule has 262 valence electrons. The van der Waals surface area contributed by atoms with Crippen LogP contribution in [0.1, 0.15) is 116 Å². The molecule has 0 aliphatic rings. The fourth-order valence-corrected chi connectivity index (χ4v) is 4.75. The van der Waals surface area contributed by atoms with Gasteiger partial charge in [-0.2, -0.15) is 0 Å². The molecule has 0 amide bonds. The smallest absolute Gasteiger partial charge is 0.305 e. The Morgan fingerprint density at radius 2 is 0.867 bits per heavy atom. The third-order valence-corrected chi connectivity index (χ3v) is 7.45. The van der Waals surface area contributed by atoms with Crippen molar-refractivity contribution in [2.75, 3.05) is 79.3 Å². The van der Waals surface area contributed by atoms with Crippen molar-refractivity contribution >= 4 is 5.97 Å². The standard InChI is InChI=1S/C37H66O8/c1-3-5-7-9-11-13-15-17-35-19-21-36(22-20-35)44-33-31-42-29-27-40-25-23-39-24-26-41-28-30-43-32-34-45-37(38)18-16-14-12-10-8-6-4-2/h19-22H,3-18,23-34H2,1-2H3. The van der Waals surface area contributed by atoms with Crippen LogP contribution >= 0.6 is 0 Å². The van der Waals surface area contributed by atoms with Gasteiger partial charge in [0.1, 0.15) is 19.0 Å². The van der Waals surface area contributed by atoms with Crippen molar-refractivity contribution in [3.05, 3.63) is 29.8 Å². The fraction of sp³-hybridized carbons (Fsp3) is 0.811. The molecule has 0 atom stereocenters. The maximum atomic E-state index is 11.7. The van der Waals surface area contributed by atoms with E-state index in [1.807, 2.05) is 0 Å². The molecule has 0 radical (unpaired) electrons. The summed E-state index contributed by atoms with van der Waals surface area (Å²) in [4.78, 5) is 11.7. The van der Waals surface area contributed by atoms with Gasteiger partial charge in [0.2, 0.25) is 0 Å². The Hall–Kier alpha value is -1.71. The van der Waals surface area contributed by atoms with E-state index >= 15 is 0 Å². The van der Waals surface area contributed by atoms with Crippen molar-refractivity contribution in [2.24, 2.45) is 0 Å². The molecule has 0 bridgehead atoms. The van der Waals surface area contributed by atoms with Crippen molar-refractivity contribution < 1.29 is 38.0 Å². The Kier molecular flexibility index (Phi) is 30.9. The van der Waals surface area contributed by atoms with Crippen molar-refractivity contribution in [3.8, 4) is 5.75 Å². The average Bonchev–Trinajstić information content (AvgIpc) is 3.05. The SMILES string of the molecule is CCCCCCCCCC(=O)OCCOCCOCCOCCOCCOCCOc1ccc(CCCCCCCCC)cc1. The Bertz CT molecular complexity index is 742. The molecule has 1 rings (SSSR count). The van der Waals surface area contributed by atoms with Crippen LogP contribution in [0.2, 0.25) is 0 Å². The zero-order chi connectivity index (χ0) is 32.3. The van der Waals surface area contributed by atoms with Crippen LogP contribution in [0.25, 0.3) is 0 Å². The molecular weight excluding hydrogens is 572 g/mol. The van der Waals surface area contributed by atoms with E-state index in [-0.39, 0.29) is 5.97 Å². The number of rotatable bonds is 35. The lowest BCUT2D eigenvalue weighted by molar-refractivity contribution is -0.145. The van der Waals surface area contributed by atoms with Gasteiger partial charge in [0.05, 0.1) is 66.1 Å². The zero-order valence-corrected chi connectivity index (χ0v) is 28.9. The van der Waals surface area contributed by atoms with Gasteiger partial charge in [-0.05, 0) is 37.0 Å². The van der Waals surface area contributed by atoms with Gasteiger partial charge in [-0.1, -0.05) is 103 Å². The lowest BCUT2D eigenvalue weighted by atomic mass is 10.0. The van der Waals surface area contributed by atoms with E-state index in [1.54, 1.807) is 0 Å². The number of carbonyl (C=O) groups excluding carboxylic acids is 1. The average molecular weight is 639 g/mol. The topological polar surface area (TPSA) is 81.7 Å². The van der Waals surface area contributed by atoms with E-state index < -0.39 is 0 Å². The molecule has 0 N–H and O–H groups in total. The first-order valence-electron chi connectivity index (χ1n) is 18.0. The van der Waals surface area contributed by atoms with Gasteiger partial charge in [0.25, 0.3) is 0 Å². The van der Waals surface area contributed by atoms with Gasteiger partial charge in [-0.25, -0.2) is 0 Å². The summed E-state index contributed by atoms with van der Waals surface area (Å²) in [6.45, 7) is 10.3. The summed E-state index contributed by atoms with van der Waals surface area (Å²) in [6.07, 6.45) is 19.4. The Balaban J connectivity index is 1.76. The second kappa shape index (κ2) is 33.6. The first-order chi connectivity index (χ1) is 22.3. The van der Waals surface area contributed by atoms with Crippen molar-refractivity contribution in [2.45, 2.75) is 117 Å². The number of hydrogen-bond acceptors (Lipinski definition) is 8. The molecule has 1 aromatic carbocycles. The number of unbranched alkanes of at least 4 members (excludes halogenated alkanes) is 12. The van der Waals surface area contributed by atoms with E-state index in [2.05, 4.69) is 38.1 Å². The highest BCUT2D eigenvalue weighted by atomic mass is 16.6. The molecular formula is C37H66O8. The van der Waals surface area contributed by atoms with Crippen LogP contribution in [0.15, 0.2) is 24.3 Å². The summed E-state index contributed by atoms with van der Waals surface area (Å²) >= 11 is 0. The van der Waals surface area contributed by atoms with Gasteiger partial charge >= 0.3 is 5.97 Å². The molecule has 0 fully saturated rings. The molecule has 45 heavy (non-hydrogen) atoms. The van der Waals surface area contributed by atoms with Gasteiger partial charge in [0, 0.05) is 6.42 Å².